The molecule has 0 fully saturated rings. The van der Waals surface area contributed by atoms with E-state index in [0.29, 0.717) is 0 Å². The Bertz CT molecular complexity index is 49.2. The van der Waals surface area contributed by atoms with Crippen molar-refractivity contribution in [2.75, 3.05) is 0 Å². The van der Waals surface area contributed by atoms with Crippen molar-refractivity contribution in [3.8, 4) is 0 Å². The van der Waals surface area contributed by atoms with Crippen molar-refractivity contribution in [1.29, 1.82) is 0 Å². The van der Waals surface area contributed by atoms with Gasteiger partial charge in [0.2, 0.25) is 0 Å². The summed E-state index contributed by atoms with van der Waals surface area (Å²) in [5.41, 5.74) is 0. The van der Waals surface area contributed by atoms with Gasteiger partial charge >= 0.3 is 0 Å². The second kappa shape index (κ2) is 3.85. The van der Waals surface area contributed by atoms with Crippen LogP contribution in [-0.4, -0.2) is 0 Å². The molecular formula is C6H11F. The minimum absolute atomic E-state index is 0. The summed E-state index contributed by atoms with van der Waals surface area (Å²) in [6, 6.07) is 0. The van der Waals surface area contributed by atoms with Crippen LogP contribution >= 0.6 is 0 Å². The molecule has 1 rings (SSSR count). The van der Waals surface area contributed by atoms with Crippen LogP contribution in [0.5, 0.6) is 0 Å². The number of hydrogen-bond acceptors (Lipinski definition) is 0. The Morgan fingerprint density at radius 3 is 1.43 bits per heavy atom. The first-order valence-electron chi connectivity index (χ1n) is 2.65. The molecule has 0 unspecified atom stereocenters. The van der Waals surface area contributed by atoms with E-state index in [4.69, 9.17) is 0 Å². The summed E-state index contributed by atoms with van der Waals surface area (Å²) in [5, 5.41) is 0. The molecule has 0 atom stereocenters. The molecule has 0 amide bonds. The van der Waals surface area contributed by atoms with Gasteiger partial charge in [0.1, 0.15) is 0 Å². The molecule has 0 heterocycles. The van der Waals surface area contributed by atoms with Crippen LogP contribution in [0, 0.1) is 0 Å². The zero-order chi connectivity index (χ0) is 4.24. The quantitative estimate of drug-likeness (QED) is 0.411. The maximum atomic E-state index is 2.27. The molecule has 0 radical (unpaired) electrons. The van der Waals surface area contributed by atoms with Gasteiger partial charge in [0.05, 0.1) is 0 Å². The zero-order valence-electron chi connectivity index (χ0n) is 4.39. The average molecular weight is 102 g/mol. The van der Waals surface area contributed by atoms with Gasteiger partial charge in [-0.25, -0.2) is 0 Å². The van der Waals surface area contributed by atoms with E-state index in [1.807, 2.05) is 0 Å². The summed E-state index contributed by atoms with van der Waals surface area (Å²) in [6.45, 7) is 0. The Kier molecular flexibility index (Phi) is 3.67. The van der Waals surface area contributed by atoms with Gasteiger partial charge in [-0.05, 0) is 25.7 Å². The Hall–Kier alpha value is -0.330. The third-order valence-corrected chi connectivity index (χ3v) is 1.16. The maximum absolute atomic E-state index is 2.27. The molecule has 0 saturated carbocycles. The fourth-order valence-corrected chi connectivity index (χ4v) is 0.760. The van der Waals surface area contributed by atoms with E-state index in [9.17, 15) is 0 Å². The highest BCUT2D eigenvalue weighted by Crippen LogP contribution is 2.07. The first-order valence-corrected chi connectivity index (χ1v) is 2.65. The highest BCUT2D eigenvalue weighted by atomic mass is 19.0. The lowest BCUT2D eigenvalue weighted by Gasteiger charge is -1.97. The summed E-state index contributed by atoms with van der Waals surface area (Å²) >= 11 is 0. The van der Waals surface area contributed by atoms with Gasteiger partial charge in [0.25, 0.3) is 0 Å². The molecule has 1 aliphatic rings. The van der Waals surface area contributed by atoms with E-state index in [0.717, 1.165) is 0 Å². The second-order valence-electron chi connectivity index (χ2n) is 1.76. The molecule has 0 aromatic heterocycles. The van der Waals surface area contributed by atoms with Crippen molar-refractivity contribution in [3.63, 3.8) is 0 Å². The molecule has 1 heteroatoms. The number of hydrogen-bond donors (Lipinski definition) is 0. The van der Waals surface area contributed by atoms with Crippen molar-refractivity contribution < 1.29 is 4.70 Å². The predicted molar refractivity (Wildman–Crippen MR) is 30.1 cm³/mol. The fourth-order valence-electron chi connectivity index (χ4n) is 0.760. The van der Waals surface area contributed by atoms with Crippen molar-refractivity contribution >= 4 is 0 Å². The molecule has 0 aromatic rings. The third kappa shape index (κ3) is 2.38. The first-order chi connectivity index (χ1) is 3.00. The van der Waals surface area contributed by atoms with E-state index in [2.05, 4.69) is 12.2 Å². The topological polar surface area (TPSA) is 0 Å². The highest BCUT2D eigenvalue weighted by molar-refractivity contribution is 4.85. The van der Waals surface area contributed by atoms with Gasteiger partial charge < -0.3 is 0 Å². The van der Waals surface area contributed by atoms with Crippen molar-refractivity contribution in [3.05, 3.63) is 12.2 Å². The van der Waals surface area contributed by atoms with Gasteiger partial charge in [-0.1, -0.05) is 12.2 Å². The summed E-state index contributed by atoms with van der Waals surface area (Å²) in [6.07, 6.45) is 10.0. The van der Waals surface area contributed by atoms with Crippen molar-refractivity contribution in [2.45, 2.75) is 25.7 Å². The molecule has 1 aliphatic carbocycles. The average Bonchev–Trinajstić information content (AvgIpc) is 1.72. The Balaban J connectivity index is 0.000000360. The molecular weight excluding hydrogens is 91.1 g/mol. The lowest BCUT2D eigenvalue weighted by atomic mass is 10.1. The number of halogens is 1. The zero-order valence-corrected chi connectivity index (χ0v) is 4.39. The van der Waals surface area contributed by atoms with E-state index in [1.165, 1.54) is 25.7 Å². The standard InChI is InChI=1S/C6H10.FH/c1-2-4-6-5-3-1;/h1-2H,3-6H2;1H. The Morgan fingerprint density at radius 1 is 0.857 bits per heavy atom. The largest absolute Gasteiger partial charge is 0.269 e. The Labute approximate surface area is 43.6 Å². The van der Waals surface area contributed by atoms with E-state index in [1.54, 1.807) is 0 Å². The predicted octanol–water partition coefficient (Wildman–Crippen LogP) is 2.27. The molecule has 0 aromatic carbocycles. The Morgan fingerprint density at radius 2 is 1.29 bits per heavy atom. The first kappa shape index (κ1) is 6.67. The van der Waals surface area contributed by atoms with E-state index in [-0.39, 0.29) is 4.70 Å². The summed E-state index contributed by atoms with van der Waals surface area (Å²) in [7, 11) is 0. The van der Waals surface area contributed by atoms with Crippen LogP contribution in [0.25, 0.3) is 0 Å². The maximum Gasteiger partial charge on any atom is -0.0351 e. The summed E-state index contributed by atoms with van der Waals surface area (Å²) < 4.78 is 0. The van der Waals surface area contributed by atoms with Crippen LogP contribution in [0.2, 0.25) is 0 Å². The molecule has 0 saturated heterocycles. The second-order valence-corrected chi connectivity index (χ2v) is 1.76. The summed E-state index contributed by atoms with van der Waals surface area (Å²) in [4.78, 5) is 0. The van der Waals surface area contributed by atoms with Crippen LogP contribution in [0.1, 0.15) is 25.7 Å². The van der Waals surface area contributed by atoms with Gasteiger partial charge in [-0.2, -0.15) is 0 Å². The normalized spacial score (nSPS) is 18.3. The number of allylic oxidation sites excluding steroid dienone is 2. The molecule has 0 spiro atoms. The van der Waals surface area contributed by atoms with Crippen molar-refractivity contribution in [1.82, 2.24) is 0 Å². The highest BCUT2D eigenvalue weighted by Gasteiger charge is 1.87. The van der Waals surface area contributed by atoms with Crippen LogP contribution in [-0.2, 0) is 0 Å². The molecule has 0 N–H and O–H groups in total. The molecule has 7 heavy (non-hydrogen) atoms. The van der Waals surface area contributed by atoms with Crippen LogP contribution in [0.3, 0.4) is 0 Å². The van der Waals surface area contributed by atoms with Crippen LogP contribution in [0.4, 0.5) is 4.70 Å². The van der Waals surface area contributed by atoms with E-state index >= 15 is 0 Å². The van der Waals surface area contributed by atoms with Gasteiger partial charge in [-0.15, -0.1) is 0 Å². The minimum atomic E-state index is 0. The lowest BCUT2D eigenvalue weighted by Crippen LogP contribution is -1.77. The van der Waals surface area contributed by atoms with Gasteiger partial charge in [-0.3, -0.25) is 4.70 Å². The molecule has 0 nitrogen and oxygen atoms in total. The van der Waals surface area contributed by atoms with Gasteiger partial charge in [0, 0.05) is 0 Å². The monoisotopic (exact) mass is 102 g/mol. The van der Waals surface area contributed by atoms with Crippen LogP contribution < -0.4 is 0 Å². The summed E-state index contributed by atoms with van der Waals surface area (Å²) in [5.74, 6) is 0. The molecule has 0 aliphatic heterocycles. The molecule has 0 bridgehead atoms. The lowest BCUT2D eigenvalue weighted by molar-refractivity contribution is 0.730. The van der Waals surface area contributed by atoms with E-state index < -0.39 is 0 Å². The third-order valence-electron chi connectivity index (χ3n) is 1.16. The molecule has 42 valence electrons. The van der Waals surface area contributed by atoms with Crippen molar-refractivity contribution in [2.24, 2.45) is 0 Å². The SMILES string of the molecule is C1=CCCCC1.F. The smallest absolute Gasteiger partial charge is 0.0351 e. The van der Waals surface area contributed by atoms with Crippen LogP contribution in [0.15, 0.2) is 12.2 Å². The number of rotatable bonds is 0. The minimum Gasteiger partial charge on any atom is -0.269 e. The van der Waals surface area contributed by atoms with Gasteiger partial charge in [0.15, 0.2) is 0 Å². The fraction of sp³-hybridized carbons (Fsp3) is 0.667.